The van der Waals surface area contributed by atoms with Gasteiger partial charge in [-0.15, -0.1) is 0 Å². The van der Waals surface area contributed by atoms with Crippen LogP contribution in [0.1, 0.15) is 10.4 Å². The third-order valence-electron chi connectivity index (χ3n) is 2.19. The zero-order valence-corrected chi connectivity index (χ0v) is 11.4. The van der Waals surface area contributed by atoms with E-state index in [9.17, 15) is 13.6 Å². The van der Waals surface area contributed by atoms with Crippen LogP contribution in [0.3, 0.4) is 0 Å². The summed E-state index contributed by atoms with van der Waals surface area (Å²) in [5.74, 6) is -1.46. The molecule has 0 amide bonds. The Hall–Kier alpha value is -1.20. The maximum Gasteiger partial charge on any atom is 0.150 e. The van der Waals surface area contributed by atoms with Gasteiger partial charge in [-0.05, 0) is 36.4 Å². The number of carbonyl (C=O) groups excluding carboxylic acids is 1. The monoisotopic (exact) mass is 328 g/mol. The highest BCUT2D eigenvalue weighted by Gasteiger charge is 2.12. The fraction of sp³-hybridized carbons (Fsp3) is 0. The first kappa shape index (κ1) is 13.2. The normalized spacial score (nSPS) is 10.4. The van der Waals surface area contributed by atoms with Crippen molar-refractivity contribution in [2.75, 3.05) is 0 Å². The number of benzene rings is 2. The third kappa shape index (κ3) is 2.97. The number of rotatable bonds is 3. The molecule has 18 heavy (non-hydrogen) atoms. The van der Waals surface area contributed by atoms with E-state index in [1.165, 1.54) is 0 Å². The van der Waals surface area contributed by atoms with Crippen LogP contribution in [0.5, 0.6) is 0 Å². The molecule has 0 spiro atoms. The first-order valence-electron chi connectivity index (χ1n) is 4.98. The van der Waals surface area contributed by atoms with E-state index in [4.69, 9.17) is 0 Å². The van der Waals surface area contributed by atoms with Gasteiger partial charge in [-0.2, -0.15) is 0 Å². The summed E-state index contributed by atoms with van der Waals surface area (Å²) >= 11 is 4.26. The molecule has 2 aromatic rings. The Morgan fingerprint density at radius 3 is 2.11 bits per heavy atom. The fourth-order valence-corrected chi connectivity index (χ4v) is 2.45. The zero-order valence-electron chi connectivity index (χ0n) is 8.99. The lowest BCUT2D eigenvalue weighted by Gasteiger charge is -2.05. The fourth-order valence-electron chi connectivity index (χ4n) is 1.37. The second kappa shape index (κ2) is 5.63. The smallest absolute Gasteiger partial charge is 0.150 e. The van der Waals surface area contributed by atoms with Gasteiger partial charge >= 0.3 is 0 Å². The van der Waals surface area contributed by atoms with Gasteiger partial charge in [-0.25, -0.2) is 8.78 Å². The largest absolute Gasteiger partial charge is 0.298 e. The molecule has 0 aliphatic carbocycles. The molecule has 0 saturated heterocycles. The minimum atomic E-state index is -0.731. The summed E-state index contributed by atoms with van der Waals surface area (Å²) in [4.78, 5) is 11.1. The molecule has 0 radical (unpaired) electrons. The van der Waals surface area contributed by atoms with Crippen molar-refractivity contribution >= 4 is 34.0 Å². The highest BCUT2D eigenvalue weighted by Crippen LogP contribution is 2.33. The maximum atomic E-state index is 13.6. The lowest BCUT2D eigenvalue weighted by Crippen LogP contribution is -1.91. The Kier molecular flexibility index (Phi) is 4.14. The molecule has 0 bridgehead atoms. The molecule has 0 atom stereocenters. The summed E-state index contributed by atoms with van der Waals surface area (Å²) < 4.78 is 28.2. The predicted octanol–water partition coefficient (Wildman–Crippen LogP) is 4.69. The molecular formula is C13H7BrF2OS. The van der Waals surface area contributed by atoms with E-state index in [0.29, 0.717) is 6.29 Å². The van der Waals surface area contributed by atoms with E-state index >= 15 is 0 Å². The van der Waals surface area contributed by atoms with E-state index in [1.807, 2.05) is 0 Å². The number of carbonyl (C=O) groups is 1. The van der Waals surface area contributed by atoms with E-state index in [-0.39, 0.29) is 10.5 Å². The molecule has 0 heterocycles. The minimum absolute atomic E-state index is 0.00911. The Balaban J connectivity index is 2.34. The molecule has 2 aromatic carbocycles. The lowest BCUT2D eigenvalue weighted by atomic mass is 10.2. The van der Waals surface area contributed by atoms with Crippen LogP contribution in [-0.2, 0) is 0 Å². The van der Waals surface area contributed by atoms with Crippen LogP contribution in [0.25, 0.3) is 0 Å². The Morgan fingerprint density at radius 1 is 1.06 bits per heavy atom. The maximum absolute atomic E-state index is 13.6. The number of hydrogen-bond acceptors (Lipinski definition) is 2. The van der Waals surface area contributed by atoms with Gasteiger partial charge in [0.15, 0.2) is 0 Å². The first-order chi connectivity index (χ1) is 8.60. The molecule has 0 aliphatic heterocycles. The number of hydrogen-bond donors (Lipinski definition) is 0. The lowest BCUT2D eigenvalue weighted by molar-refractivity contribution is 0.112. The molecule has 1 nitrogen and oxygen atoms in total. The standard InChI is InChI=1S/C13H7BrF2OS/c14-9-1-3-10(4-2-9)18-13-11(15)5-8(7-17)6-12(13)16/h1-7H. The van der Waals surface area contributed by atoms with Crippen LogP contribution < -0.4 is 0 Å². The van der Waals surface area contributed by atoms with Gasteiger partial charge in [0.2, 0.25) is 0 Å². The molecule has 92 valence electrons. The van der Waals surface area contributed by atoms with Crippen LogP contribution in [0.4, 0.5) is 8.78 Å². The average Bonchev–Trinajstić information content (AvgIpc) is 2.35. The Bertz CT molecular complexity index is 561. The number of aldehydes is 1. The van der Waals surface area contributed by atoms with Gasteiger partial charge in [-0.1, -0.05) is 27.7 Å². The third-order valence-corrected chi connectivity index (χ3v) is 3.82. The molecule has 0 saturated carbocycles. The Labute approximate surface area is 115 Å². The van der Waals surface area contributed by atoms with Crippen molar-refractivity contribution in [3.8, 4) is 0 Å². The van der Waals surface area contributed by atoms with Gasteiger partial charge in [0.1, 0.15) is 17.9 Å². The van der Waals surface area contributed by atoms with Crippen molar-refractivity contribution in [1.82, 2.24) is 0 Å². The Morgan fingerprint density at radius 2 is 1.61 bits per heavy atom. The van der Waals surface area contributed by atoms with Crippen molar-refractivity contribution in [2.45, 2.75) is 9.79 Å². The van der Waals surface area contributed by atoms with Crippen molar-refractivity contribution in [2.24, 2.45) is 0 Å². The van der Waals surface area contributed by atoms with Crippen molar-refractivity contribution in [1.29, 1.82) is 0 Å². The van der Waals surface area contributed by atoms with Gasteiger partial charge in [0, 0.05) is 14.9 Å². The summed E-state index contributed by atoms with van der Waals surface area (Å²) in [5.41, 5.74) is -0.00911. The molecule has 0 aliphatic rings. The zero-order chi connectivity index (χ0) is 13.1. The SMILES string of the molecule is O=Cc1cc(F)c(Sc2ccc(Br)cc2)c(F)c1. The van der Waals surface area contributed by atoms with Crippen molar-refractivity contribution in [3.63, 3.8) is 0 Å². The highest BCUT2D eigenvalue weighted by molar-refractivity contribution is 9.10. The summed E-state index contributed by atoms with van der Waals surface area (Å²) in [6, 6.07) is 9.13. The van der Waals surface area contributed by atoms with E-state index < -0.39 is 11.6 Å². The quantitative estimate of drug-likeness (QED) is 0.760. The van der Waals surface area contributed by atoms with Crippen LogP contribution in [0.2, 0.25) is 0 Å². The summed E-state index contributed by atoms with van der Waals surface area (Å²) in [5, 5.41) is 0. The minimum Gasteiger partial charge on any atom is -0.298 e. The first-order valence-corrected chi connectivity index (χ1v) is 6.59. The molecule has 5 heteroatoms. The molecule has 0 fully saturated rings. The summed E-state index contributed by atoms with van der Waals surface area (Å²) in [6.07, 6.45) is 0.417. The van der Waals surface area contributed by atoms with Gasteiger partial charge in [-0.3, -0.25) is 4.79 Å². The second-order valence-electron chi connectivity index (χ2n) is 3.49. The van der Waals surface area contributed by atoms with Crippen LogP contribution in [-0.4, -0.2) is 6.29 Å². The van der Waals surface area contributed by atoms with Crippen LogP contribution in [0, 0.1) is 11.6 Å². The highest BCUT2D eigenvalue weighted by atomic mass is 79.9. The van der Waals surface area contributed by atoms with E-state index in [2.05, 4.69) is 15.9 Å². The van der Waals surface area contributed by atoms with Crippen LogP contribution in [0.15, 0.2) is 50.7 Å². The van der Waals surface area contributed by atoms with Crippen LogP contribution >= 0.6 is 27.7 Å². The van der Waals surface area contributed by atoms with Gasteiger partial charge in [0.05, 0.1) is 4.90 Å². The van der Waals surface area contributed by atoms with Gasteiger partial charge < -0.3 is 0 Å². The summed E-state index contributed by atoms with van der Waals surface area (Å²) in [6.45, 7) is 0. The van der Waals surface area contributed by atoms with Crippen molar-refractivity contribution in [3.05, 3.63) is 58.1 Å². The predicted molar refractivity (Wildman–Crippen MR) is 70.0 cm³/mol. The average molecular weight is 329 g/mol. The molecule has 0 aromatic heterocycles. The van der Waals surface area contributed by atoms with E-state index in [0.717, 1.165) is 33.3 Å². The van der Waals surface area contributed by atoms with Gasteiger partial charge in [0.25, 0.3) is 0 Å². The second-order valence-corrected chi connectivity index (χ2v) is 5.49. The topological polar surface area (TPSA) is 17.1 Å². The molecule has 0 unspecified atom stereocenters. The molecular weight excluding hydrogens is 322 g/mol. The summed E-state index contributed by atoms with van der Waals surface area (Å²) in [7, 11) is 0. The van der Waals surface area contributed by atoms with Crippen molar-refractivity contribution < 1.29 is 13.6 Å². The van der Waals surface area contributed by atoms with E-state index in [1.54, 1.807) is 24.3 Å². The molecule has 0 N–H and O–H groups in total. The molecule has 2 rings (SSSR count). The number of halogens is 3.